The molecule has 2 aromatic carbocycles. The molecule has 1 saturated heterocycles. The molecule has 0 atom stereocenters. The number of ether oxygens (including phenoxy) is 2. The van der Waals surface area contributed by atoms with Gasteiger partial charge in [-0.1, -0.05) is 0 Å². The van der Waals surface area contributed by atoms with E-state index in [0.29, 0.717) is 11.6 Å². The summed E-state index contributed by atoms with van der Waals surface area (Å²) in [6.07, 6.45) is -2.72. The number of piperidine rings is 1. The normalized spacial score (nSPS) is 20.2. The lowest BCUT2D eigenvalue weighted by molar-refractivity contribution is -0.274. The van der Waals surface area contributed by atoms with E-state index in [2.05, 4.69) is 30.2 Å². The van der Waals surface area contributed by atoms with E-state index in [1.807, 2.05) is 6.07 Å². The van der Waals surface area contributed by atoms with Crippen molar-refractivity contribution in [2.75, 3.05) is 28.6 Å². The summed E-state index contributed by atoms with van der Waals surface area (Å²) >= 11 is 0. The molecule has 0 unspecified atom stereocenters. The Morgan fingerprint density at radius 1 is 0.714 bits per heavy atom. The van der Waals surface area contributed by atoms with Crippen LogP contribution in [-0.4, -0.2) is 47.6 Å². The van der Waals surface area contributed by atoms with Gasteiger partial charge in [0.1, 0.15) is 24.0 Å². The van der Waals surface area contributed by atoms with Crippen LogP contribution >= 0.6 is 0 Å². The summed E-state index contributed by atoms with van der Waals surface area (Å²) in [7, 11) is 0. The molecule has 3 aromatic rings. The molecule has 0 amide bonds. The standard InChI is InChI=1S/C29H31F6N5O2/c30-28(31,32)19-1-3-20(4-2-19)39-23-13-15-40(16-14-23)26-17-27(37-18-36-26)41-24-9-5-21(6-10-24)38-22-7-11-25(12-8-22)42-29(33,34)35/h1-4,7-8,11-12,17-18,21,23-24,38-39H,5-6,9-10,13-16H2. The number of aromatic nitrogens is 2. The van der Waals surface area contributed by atoms with Crippen molar-refractivity contribution in [3.63, 3.8) is 0 Å². The molecule has 2 N–H and O–H groups in total. The first-order valence-electron chi connectivity index (χ1n) is 13.8. The molecular weight excluding hydrogens is 564 g/mol. The first-order chi connectivity index (χ1) is 20.0. The lowest BCUT2D eigenvalue weighted by Gasteiger charge is -2.34. The minimum Gasteiger partial charge on any atom is -0.474 e. The van der Waals surface area contributed by atoms with Crippen molar-refractivity contribution in [3.8, 4) is 11.6 Å². The van der Waals surface area contributed by atoms with Crippen LogP contribution in [0.5, 0.6) is 11.6 Å². The number of rotatable bonds is 8. The number of benzene rings is 2. The molecule has 1 saturated carbocycles. The molecule has 2 heterocycles. The maximum atomic E-state index is 12.8. The van der Waals surface area contributed by atoms with Gasteiger partial charge in [0, 0.05) is 42.6 Å². The third-order valence-corrected chi connectivity index (χ3v) is 7.45. The number of alkyl halides is 6. The van der Waals surface area contributed by atoms with E-state index in [-0.39, 0.29) is 23.9 Å². The smallest absolute Gasteiger partial charge is 0.474 e. The summed E-state index contributed by atoms with van der Waals surface area (Å²) in [6, 6.07) is 13.0. The van der Waals surface area contributed by atoms with Crippen molar-refractivity contribution >= 4 is 17.2 Å². The van der Waals surface area contributed by atoms with E-state index in [4.69, 9.17) is 4.74 Å². The van der Waals surface area contributed by atoms with Crippen LogP contribution in [-0.2, 0) is 6.18 Å². The van der Waals surface area contributed by atoms with Crippen LogP contribution in [0, 0.1) is 0 Å². The third-order valence-electron chi connectivity index (χ3n) is 7.45. The fourth-order valence-corrected chi connectivity index (χ4v) is 5.30. The quantitative estimate of drug-likeness (QED) is 0.265. The molecule has 5 rings (SSSR count). The second-order valence-corrected chi connectivity index (χ2v) is 10.5. The van der Waals surface area contributed by atoms with Crippen molar-refractivity contribution in [2.45, 2.75) is 69.3 Å². The van der Waals surface area contributed by atoms with Crippen LogP contribution in [0.4, 0.5) is 43.5 Å². The number of hydrogen-bond acceptors (Lipinski definition) is 7. The van der Waals surface area contributed by atoms with Crippen molar-refractivity contribution in [1.82, 2.24) is 9.97 Å². The second kappa shape index (κ2) is 12.5. The molecule has 1 aliphatic heterocycles. The van der Waals surface area contributed by atoms with Gasteiger partial charge in [0.05, 0.1) is 5.56 Å². The molecule has 2 fully saturated rings. The molecule has 0 spiro atoms. The number of hydrogen-bond donors (Lipinski definition) is 2. The Hall–Kier alpha value is -3.90. The van der Waals surface area contributed by atoms with Gasteiger partial charge in [0.2, 0.25) is 5.88 Å². The van der Waals surface area contributed by atoms with E-state index >= 15 is 0 Å². The Morgan fingerprint density at radius 2 is 1.29 bits per heavy atom. The van der Waals surface area contributed by atoms with Gasteiger partial charge in [-0.2, -0.15) is 13.2 Å². The fraction of sp³-hybridized carbons (Fsp3) is 0.448. The van der Waals surface area contributed by atoms with Crippen LogP contribution in [0.25, 0.3) is 0 Å². The summed E-state index contributed by atoms with van der Waals surface area (Å²) in [6.45, 7) is 1.46. The highest BCUT2D eigenvalue weighted by molar-refractivity contribution is 5.48. The molecule has 13 heteroatoms. The van der Waals surface area contributed by atoms with E-state index in [0.717, 1.165) is 75.3 Å². The average Bonchev–Trinajstić information content (AvgIpc) is 2.95. The van der Waals surface area contributed by atoms with Crippen LogP contribution in [0.15, 0.2) is 60.9 Å². The Labute approximate surface area is 239 Å². The van der Waals surface area contributed by atoms with E-state index in [1.165, 1.54) is 30.6 Å². The lowest BCUT2D eigenvalue weighted by Crippen LogP contribution is -2.39. The summed E-state index contributed by atoms with van der Waals surface area (Å²) < 4.78 is 85.5. The number of anilines is 3. The predicted molar refractivity (Wildman–Crippen MR) is 146 cm³/mol. The van der Waals surface area contributed by atoms with E-state index in [9.17, 15) is 26.3 Å². The van der Waals surface area contributed by atoms with Crippen molar-refractivity contribution in [3.05, 3.63) is 66.5 Å². The number of halogens is 6. The molecule has 1 aliphatic carbocycles. The van der Waals surface area contributed by atoms with E-state index in [1.54, 1.807) is 12.1 Å². The molecule has 226 valence electrons. The van der Waals surface area contributed by atoms with Gasteiger partial charge in [-0.15, -0.1) is 13.2 Å². The Kier molecular flexibility index (Phi) is 8.83. The molecule has 1 aromatic heterocycles. The van der Waals surface area contributed by atoms with Gasteiger partial charge >= 0.3 is 12.5 Å². The van der Waals surface area contributed by atoms with Gasteiger partial charge in [0.25, 0.3) is 0 Å². The Morgan fingerprint density at radius 3 is 1.86 bits per heavy atom. The largest absolute Gasteiger partial charge is 0.573 e. The molecule has 0 bridgehead atoms. The Balaban J connectivity index is 1.05. The Bertz CT molecular complexity index is 1290. The first kappa shape index (κ1) is 29.6. The topological polar surface area (TPSA) is 71.5 Å². The number of nitrogens with zero attached hydrogens (tertiary/aromatic N) is 3. The summed E-state index contributed by atoms with van der Waals surface area (Å²) in [5.41, 5.74) is 0.728. The summed E-state index contributed by atoms with van der Waals surface area (Å²) in [4.78, 5) is 10.8. The molecule has 0 radical (unpaired) electrons. The van der Waals surface area contributed by atoms with Gasteiger partial charge in [0.15, 0.2) is 0 Å². The van der Waals surface area contributed by atoms with Gasteiger partial charge in [-0.3, -0.25) is 0 Å². The minimum atomic E-state index is -4.72. The predicted octanol–water partition coefficient (Wildman–Crippen LogP) is 7.28. The maximum Gasteiger partial charge on any atom is 0.573 e. The number of nitrogens with one attached hydrogen (secondary N) is 2. The molecule has 2 aliphatic rings. The van der Waals surface area contributed by atoms with Gasteiger partial charge in [-0.25, -0.2) is 9.97 Å². The molecule has 42 heavy (non-hydrogen) atoms. The van der Waals surface area contributed by atoms with E-state index < -0.39 is 18.1 Å². The molecular formula is C29H31F6N5O2. The molecule has 7 nitrogen and oxygen atoms in total. The third kappa shape index (κ3) is 8.32. The van der Waals surface area contributed by atoms with Crippen molar-refractivity contribution in [1.29, 1.82) is 0 Å². The zero-order valence-corrected chi connectivity index (χ0v) is 22.6. The fourth-order valence-electron chi connectivity index (χ4n) is 5.30. The van der Waals surface area contributed by atoms with Crippen LogP contribution in [0.3, 0.4) is 0 Å². The zero-order valence-electron chi connectivity index (χ0n) is 22.6. The van der Waals surface area contributed by atoms with Crippen LogP contribution < -0.4 is 25.0 Å². The van der Waals surface area contributed by atoms with Crippen LogP contribution in [0.2, 0.25) is 0 Å². The maximum absolute atomic E-state index is 12.8. The highest BCUT2D eigenvalue weighted by Gasteiger charge is 2.31. The average molecular weight is 596 g/mol. The second-order valence-electron chi connectivity index (χ2n) is 10.5. The van der Waals surface area contributed by atoms with Crippen molar-refractivity contribution < 1.29 is 35.8 Å². The highest BCUT2D eigenvalue weighted by Crippen LogP contribution is 2.31. The van der Waals surface area contributed by atoms with Gasteiger partial charge < -0.3 is 25.0 Å². The first-order valence-corrected chi connectivity index (χ1v) is 13.8. The van der Waals surface area contributed by atoms with Gasteiger partial charge in [-0.05, 0) is 87.1 Å². The zero-order chi connectivity index (χ0) is 29.7. The van der Waals surface area contributed by atoms with Crippen molar-refractivity contribution in [2.24, 2.45) is 0 Å². The summed E-state index contributed by atoms with van der Waals surface area (Å²) in [5, 5.41) is 6.68. The summed E-state index contributed by atoms with van der Waals surface area (Å²) in [5.74, 6) is 1.01. The SMILES string of the molecule is FC(F)(F)Oc1ccc(NC2CCC(Oc3cc(N4CCC(Nc5ccc(C(F)(F)F)cc5)CC4)ncn3)CC2)cc1. The highest BCUT2D eigenvalue weighted by atomic mass is 19.4. The minimum absolute atomic E-state index is 0.00738. The van der Waals surface area contributed by atoms with Crippen LogP contribution in [0.1, 0.15) is 44.1 Å². The lowest BCUT2D eigenvalue weighted by atomic mass is 9.92. The monoisotopic (exact) mass is 595 g/mol.